The summed E-state index contributed by atoms with van der Waals surface area (Å²) in [7, 11) is 3.66. The van der Waals surface area contributed by atoms with Crippen LogP contribution in [0.15, 0.2) is 18.2 Å². The van der Waals surface area contributed by atoms with Crippen molar-refractivity contribution in [2.75, 3.05) is 7.05 Å². The van der Waals surface area contributed by atoms with Crippen LogP contribution in [0, 0.1) is 5.82 Å². The van der Waals surface area contributed by atoms with E-state index in [1.807, 2.05) is 20.2 Å². The predicted molar refractivity (Wildman–Crippen MR) is 53.4 cm³/mol. The molecule has 2 aromatic rings. The summed E-state index contributed by atoms with van der Waals surface area (Å²) in [5, 5.41) is 7.85. The molecule has 1 N–H and O–H groups in total. The number of hydrogen-bond donors (Lipinski definition) is 1. The molecule has 1 aromatic carbocycles. The van der Waals surface area contributed by atoms with Crippen LogP contribution in [-0.2, 0) is 13.6 Å². The van der Waals surface area contributed by atoms with Gasteiger partial charge in [-0.2, -0.15) is 5.10 Å². The van der Waals surface area contributed by atoms with Gasteiger partial charge in [-0.15, -0.1) is 0 Å². The van der Waals surface area contributed by atoms with Crippen LogP contribution >= 0.6 is 0 Å². The van der Waals surface area contributed by atoms with Crippen LogP contribution in [-0.4, -0.2) is 16.8 Å². The number of fused-ring (bicyclic) bond motifs is 1. The van der Waals surface area contributed by atoms with E-state index in [1.165, 1.54) is 6.07 Å². The molecule has 0 saturated heterocycles. The Bertz CT molecular complexity index is 462. The second-order valence-corrected chi connectivity index (χ2v) is 3.23. The Labute approximate surface area is 81.5 Å². The van der Waals surface area contributed by atoms with Gasteiger partial charge in [0.2, 0.25) is 0 Å². The van der Waals surface area contributed by atoms with Crippen LogP contribution in [0.3, 0.4) is 0 Å². The summed E-state index contributed by atoms with van der Waals surface area (Å²) in [6.45, 7) is 0.619. The van der Waals surface area contributed by atoms with Gasteiger partial charge in [-0.1, -0.05) is 6.07 Å². The summed E-state index contributed by atoms with van der Waals surface area (Å²) in [4.78, 5) is 0. The number of hydrogen-bond acceptors (Lipinski definition) is 2. The van der Waals surface area contributed by atoms with Crippen LogP contribution in [0.2, 0.25) is 0 Å². The number of nitrogens with zero attached hydrogens (tertiary/aromatic N) is 2. The van der Waals surface area contributed by atoms with E-state index in [0.29, 0.717) is 17.4 Å². The number of halogens is 1. The average Bonchev–Trinajstić information content (AvgIpc) is 2.45. The molecule has 0 aliphatic carbocycles. The molecule has 0 amide bonds. The van der Waals surface area contributed by atoms with Crippen LogP contribution in [0.4, 0.5) is 4.39 Å². The van der Waals surface area contributed by atoms with E-state index in [-0.39, 0.29) is 5.82 Å². The number of aromatic nitrogens is 2. The lowest BCUT2D eigenvalue weighted by Crippen LogP contribution is -2.10. The first-order valence-electron chi connectivity index (χ1n) is 4.48. The molecule has 0 atom stereocenters. The Balaban J connectivity index is 2.73. The van der Waals surface area contributed by atoms with E-state index in [2.05, 4.69) is 10.4 Å². The summed E-state index contributed by atoms with van der Waals surface area (Å²) in [5.41, 5.74) is 1.58. The first-order chi connectivity index (χ1) is 6.74. The molecule has 0 bridgehead atoms. The molecule has 0 saturated carbocycles. The molecule has 2 rings (SSSR count). The van der Waals surface area contributed by atoms with E-state index in [4.69, 9.17) is 0 Å². The molecule has 3 nitrogen and oxygen atoms in total. The van der Waals surface area contributed by atoms with Gasteiger partial charge in [0.15, 0.2) is 0 Å². The third-order valence-corrected chi connectivity index (χ3v) is 2.27. The van der Waals surface area contributed by atoms with Crippen LogP contribution in [0.1, 0.15) is 5.69 Å². The number of benzene rings is 1. The third kappa shape index (κ3) is 1.28. The van der Waals surface area contributed by atoms with Crippen molar-refractivity contribution in [3.8, 4) is 0 Å². The smallest absolute Gasteiger partial charge is 0.134 e. The highest BCUT2D eigenvalue weighted by Crippen LogP contribution is 2.20. The van der Waals surface area contributed by atoms with Crippen molar-refractivity contribution in [3.63, 3.8) is 0 Å². The van der Waals surface area contributed by atoms with Gasteiger partial charge in [-0.05, 0) is 19.2 Å². The Hall–Kier alpha value is -1.42. The van der Waals surface area contributed by atoms with Crippen molar-refractivity contribution in [3.05, 3.63) is 29.7 Å². The molecular formula is C10H12FN3. The molecule has 0 aliphatic rings. The maximum atomic E-state index is 13.5. The van der Waals surface area contributed by atoms with E-state index in [0.717, 1.165) is 5.69 Å². The lowest BCUT2D eigenvalue weighted by atomic mass is 10.2. The third-order valence-electron chi connectivity index (χ3n) is 2.27. The minimum Gasteiger partial charge on any atom is -0.314 e. The topological polar surface area (TPSA) is 29.9 Å². The quantitative estimate of drug-likeness (QED) is 0.782. The fraction of sp³-hybridized carbons (Fsp3) is 0.300. The van der Waals surface area contributed by atoms with E-state index in [9.17, 15) is 4.39 Å². The van der Waals surface area contributed by atoms with Crippen molar-refractivity contribution >= 4 is 10.9 Å². The maximum absolute atomic E-state index is 13.5. The minimum atomic E-state index is -0.208. The Morgan fingerprint density at radius 1 is 1.50 bits per heavy atom. The van der Waals surface area contributed by atoms with Gasteiger partial charge in [-0.3, -0.25) is 4.68 Å². The molecule has 1 heterocycles. The predicted octanol–water partition coefficient (Wildman–Crippen LogP) is 1.43. The van der Waals surface area contributed by atoms with Gasteiger partial charge < -0.3 is 5.32 Å². The van der Waals surface area contributed by atoms with Gasteiger partial charge in [0, 0.05) is 13.6 Å². The van der Waals surface area contributed by atoms with Crippen LogP contribution in [0.25, 0.3) is 10.9 Å². The number of nitrogens with one attached hydrogen (secondary N) is 1. The van der Waals surface area contributed by atoms with Crippen molar-refractivity contribution in [1.29, 1.82) is 0 Å². The van der Waals surface area contributed by atoms with Gasteiger partial charge >= 0.3 is 0 Å². The van der Waals surface area contributed by atoms with Gasteiger partial charge in [-0.25, -0.2) is 4.39 Å². The molecule has 0 radical (unpaired) electrons. The highest BCUT2D eigenvalue weighted by Gasteiger charge is 2.11. The molecule has 74 valence electrons. The zero-order chi connectivity index (χ0) is 10.1. The van der Waals surface area contributed by atoms with E-state index >= 15 is 0 Å². The fourth-order valence-corrected chi connectivity index (χ4v) is 1.64. The largest absolute Gasteiger partial charge is 0.314 e. The summed E-state index contributed by atoms with van der Waals surface area (Å²) in [6.07, 6.45) is 0. The first-order valence-corrected chi connectivity index (χ1v) is 4.48. The average molecular weight is 193 g/mol. The highest BCUT2D eigenvalue weighted by molar-refractivity contribution is 5.82. The molecular weight excluding hydrogens is 181 g/mol. The maximum Gasteiger partial charge on any atom is 0.134 e. The van der Waals surface area contributed by atoms with Crippen LogP contribution < -0.4 is 5.32 Å². The molecule has 0 spiro atoms. The molecule has 14 heavy (non-hydrogen) atoms. The molecule has 0 fully saturated rings. The molecule has 1 aromatic heterocycles. The van der Waals surface area contributed by atoms with Crippen molar-refractivity contribution in [2.24, 2.45) is 7.05 Å². The SMILES string of the molecule is CNCc1c2c(F)cccc2nn1C. The number of aryl methyl sites for hydroxylation is 1. The zero-order valence-electron chi connectivity index (χ0n) is 8.21. The van der Waals surface area contributed by atoms with Gasteiger partial charge in [0.1, 0.15) is 5.82 Å². The summed E-state index contributed by atoms with van der Waals surface area (Å²) >= 11 is 0. The molecule has 0 unspecified atom stereocenters. The van der Waals surface area contributed by atoms with Crippen molar-refractivity contribution in [1.82, 2.24) is 15.1 Å². The molecule has 0 aliphatic heterocycles. The van der Waals surface area contributed by atoms with E-state index in [1.54, 1.807) is 10.7 Å². The normalized spacial score (nSPS) is 11.1. The highest BCUT2D eigenvalue weighted by atomic mass is 19.1. The summed E-state index contributed by atoms with van der Waals surface area (Å²) in [5.74, 6) is -0.208. The van der Waals surface area contributed by atoms with Gasteiger partial charge in [0.05, 0.1) is 16.6 Å². The van der Waals surface area contributed by atoms with Crippen LogP contribution in [0.5, 0.6) is 0 Å². The Morgan fingerprint density at radius 2 is 2.29 bits per heavy atom. The summed E-state index contributed by atoms with van der Waals surface area (Å²) in [6, 6.07) is 4.95. The molecule has 4 heteroatoms. The first kappa shape index (κ1) is 9.15. The zero-order valence-corrected chi connectivity index (χ0v) is 8.21. The second-order valence-electron chi connectivity index (χ2n) is 3.23. The number of rotatable bonds is 2. The standard InChI is InChI=1S/C10H12FN3/c1-12-6-9-10-7(11)4-3-5-8(10)13-14(9)2/h3-5,12H,6H2,1-2H3. The second kappa shape index (κ2) is 3.38. The lowest BCUT2D eigenvalue weighted by Gasteiger charge is -2.00. The minimum absolute atomic E-state index is 0.208. The summed E-state index contributed by atoms with van der Waals surface area (Å²) < 4.78 is 15.2. The Kier molecular flexibility index (Phi) is 2.21. The van der Waals surface area contributed by atoms with Crippen molar-refractivity contribution in [2.45, 2.75) is 6.54 Å². The monoisotopic (exact) mass is 193 g/mol. The van der Waals surface area contributed by atoms with E-state index < -0.39 is 0 Å². The Morgan fingerprint density at radius 3 is 3.00 bits per heavy atom. The fourth-order valence-electron chi connectivity index (χ4n) is 1.64. The van der Waals surface area contributed by atoms with Gasteiger partial charge in [0.25, 0.3) is 0 Å². The lowest BCUT2D eigenvalue weighted by molar-refractivity contribution is 0.633. The van der Waals surface area contributed by atoms with Crippen molar-refractivity contribution < 1.29 is 4.39 Å².